The lowest BCUT2D eigenvalue weighted by atomic mass is 10.2. The predicted octanol–water partition coefficient (Wildman–Crippen LogP) is 3.64. The molecule has 2 aromatic rings. The van der Waals surface area contributed by atoms with Gasteiger partial charge >= 0.3 is 0 Å². The van der Waals surface area contributed by atoms with Crippen molar-refractivity contribution in [1.82, 2.24) is 0 Å². The maximum atomic E-state index is 9.61. The average Bonchev–Trinajstić information content (AvgIpc) is 2.46. The summed E-state index contributed by atoms with van der Waals surface area (Å²) >= 11 is 3.27. The SMILES string of the molecule is CSc1cc(C)cc2scc(O)c12. The second-order valence-corrected chi connectivity index (χ2v) is 4.72. The lowest BCUT2D eigenvalue weighted by molar-refractivity contribution is 0.483. The fourth-order valence-corrected chi connectivity index (χ4v) is 3.14. The number of aromatic hydroxyl groups is 1. The molecule has 1 N–H and O–H groups in total. The summed E-state index contributed by atoms with van der Waals surface area (Å²) in [5, 5.41) is 12.4. The van der Waals surface area contributed by atoms with Gasteiger partial charge in [0.05, 0.1) is 0 Å². The largest absolute Gasteiger partial charge is 0.506 e. The molecule has 1 heterocycles. The van der Waals surface area contributed by atoms with E-state index in [2.05, 4.69) is 19.1 Å². The van der Waals surface area contributed by atoms with Crippen LogP contribution in [0.25, 0.3) is 10.1 Å². The minimum absolute atomic E-state index is 0.407. The molecule has 0 spiro atoms. The molecule has 68 valence electrons. The number of fused-ring (bicyclic) bond motifs is 1. The molecule has 0 aliphatic carbocycles. The summed E-state index contributed by atoms with van der Waals surface area (Å²) in [4.78, 5) is 1.16. The first-order valence-electron chi connectivity index (χ1n) is 3.97. The molecule has 0 saturated carbocycles. The van der Waals surface area contributed by atoms with Crippen molar-refractivity contribution in [3.8, 4) is 5.75 Å². The minimum Gasteiger partial charge on any atom is -0.506 e. The van der Waals surface area contributed by atoms with Crippen LogP contribution < -0.4 is 0 Å². The third-order valence-electron chi connectivity index (χ3n) is 1.98. The molecule has 1 aromatic heterocycles. The Bertz CT molecular complexity index is 445. The minimum atomic E-state index is 0.407. The monoisotopic (exact) mass is 210 g/mol. The third-order valence-corrected chi connectivity index (χ3v) is 3.66. The van der Waals surface area contributed by atoms with E-state index in [4.69, 9.17) is 0 Å². The summed E-state index contributed by atoms with van der Waals surface area (Å²) in [5.41, 5.74) is 1.25. The molecule has 13 heavy (non-hydrogen) atoms. The number of benzene rings is 1. The molecule has 3 heteroatoms. The Hall–Kier alpha value is -0.670. The van der Waals surface area contributed by atoms with Crippen LogP contribution in [0.3, 0.4) is 0 Å². The highest BCUT2D eigenvalue weighted by Crippen LogP contribution is 2.38. The Morgan fingerprint density at radius 1 is 1.38 bits per heavy atom. The van der Waals surface area contributed by atoms with Crippen molar-refractivity contribution in [3.63, 3.8) is 0 Å². The van der Waals surface area contributed by atoms with Crippen molar-refractivity contribution < 1.29 is 5.11 Å². The van der Waals surface area contributed by atoms with Gasteiger partial charge < -0.3 is 5.11 Å². The topological polar surface area (TPSA) is 20.2 Å². The summed E-state index contributed by atoms with van der Waals surface area (Å²) in [6, 6.07) is 4.22. The molecular weight excluding hydrogens is 200 g/mol. The van der Waals surface area contributed by atoms with Crippen LogP contribution in [0.4, 0.5) is 0 Å². The summed E-state index contributed by atoms with van der Waals surface area (Å²) < 4.78 is 1.17. The van der Waals surface area contributed by atoms with Gasteiger partial charge in [0, 0.05) is 20.4 Å². The van der Waals surface area contributed by atoms with Gasteiger partial charge in [-0.25, -0.2) is 0 Å². The van der Waals surface area contributed by atoms with E-state index < -0.39 is 0 Å². The van der Waals surface area contributed by atoms with Gasteiger partial charge in [-0.2, -0.15) is 0 Å². The Kier molecular flexibility index (Phi) is 2.22. The maximum absolute atomic E-state index is 9.61. The zero-order valence-corrected chi connectivity index (χ0v) is 9.13. The van der Waals surface area contributed by atoms with Crippen LogP contribution in [-0.4, -0.2) is 11.4 Å². The molecule has 1 aromatic carbocycles. The van der Waals surface area contributed by atoms with Gasteiger partial charge in [0.2, 0.25) is 0 Å². The van der Waals surface area contributed by atoms with Crippen molar-refractivity contribution in [3.05, 3.63) is 23.1 Å². The number of thioether (sulfide) groups is 1. The number of hydrogen-bond donors (Lipinski definition) is 1. The van der Waals surface area contributed by atoms with Crippen LogP contribution in [0.2, 0.25) is 0 Å². The van der Waals surface area contributed by atoms with Crippen LogP contribution in [0.1, 0.15) is 5.56 Å². The lowest BCUT2D eigenvalue weighted by Crippen LogP contribution is -1.76. The van der Waals surface area contributed by atoms with Crippen molar-refractivity contribution >= 4 is 33.2 Å². The highest BCUT2D eigenvalue weighted by Gasteiger charge is 2.07. The summed E-state index contributed by atoms with van der Waals surface area (Å²) in [7, 11) is 0. The zero-order chi connectivity index (χ0) is 9.42. The number of hydrogen-bond acceptors (Lipinski definition) is 3. The second-order valence-electron chi connectivity index (χ2n) is 2.96. The van der Waals surface area contributed by atoms with E-state index in [0.717, 1.165) is 10.3 Å². The zero-order valence-electron chi connectivity index (χ0n) is 7.50. The van der Waals surface area contributed by atoms with Crippen molar-refractivity contribution in [2.24, 2.45) is 0 Å². The van der Waals surface area contributed by atoms with E-state index in [1.807, 2.05) is 6.26 Å². The third kappa shape index (κ3) is 1.42. The standard InChI is InChI=1S/C10H10OS2/c1-6-3-8(12-2)10-7(11)5-13-9(10)4-6/h3-5,11H,1-2H3. The average molecular weight is 210 g/mol. The van der Waals surface area contributed by atoms with Crippen LogP contribution in [0, 0.1) is 6.92 Å². The van der Waals surface area contributed by atoms with E-state index in [0.29, 0.717) is 5.75 Å². The highest BCUT2D eigenvalue weighted by atomic mass is 32.2. The first-order valence-corrected chi connectivity index (χ1v) is 6.07. The lowest BCUT2D eigenvalue weighted by Gasteiger charge is -2.01. The molecule has 0 fully saturated rings. The molecule has 0 unspecified atom stereocenters. The molecule has 0 aliphatic heterocycles. The molecule has 0 amide bonds. The van der Waals surface area contributed by atoms with E-state index >= 15 is 0 Å². The predicted molar refractivity (Wildman–Crippen MR) is 60.0 cm³/mol. The van der Waals surface area contributed by atoms with E-state index in [1.54, 1.807) is 28.5 Å². The van der Waals surface area contributed by atoms with Gasteiger partial charge in [0.1, 0.15) is 5.75 Å². The molecule has 0 saturated heterocycles. The molecule has 0 aliphatic rings. The highest BCUT2D eigenvalue weighted by molar-refractivity contribution is 7.98. The van der Waals surface area contributed by atoms with Crippen molar-refractivity contribution in [2.75, 3.05) is 6.26 Å². The fourth-order valence-electron chi connectivity index (χ4n) is 1.41. The molecular formula is C10H10OS2. The maximum Gasteiger partial charge on any atom is 0.135 e. The molecule has 0 bridgehead atoms. The number of aryl methyl sites for hydroxylation is 1. The normalized spacial score (nSPS) is 10.9. The van der Waals surface area contributed by atoms with E-state index in [9.17, 15) is 5.11 Å². The smallest absolute Gasteiger partial charge is 0.135 e. The molecule has 2 rings (SSSR count). The second kappa shape index (κ2) is 3.24. The summed E-state index contributed by atoms with van der Waals surface area (Å²) in [5.74, 6) is 0.407. The van der Waals surface area contributed by atoms with Gasteiger partial charge in [-0.3, -0.25) is 0 Å². The number of thiophene rings is 1. The van der Waals surface area contributed by atoms with E-state index in [-0.39, 0.29) is 0 Å². The Morgan fingerprint density at radius 2 is 2.15 bits per heavy atom. The van der Waals surface area contributed by atoms with Crippen LogP contribution >= 0.6 is 23.1 Å². The Morgan fingerprint density at radius 3 is 2.85 bits per heavy atom. The first kappa shape index (κ1) is 8.91. The fraction of sp³-hybridized carbons (Fsp3) is 0.200. The van der Waals surface area contributed by atoms with E-state index in [1.165, 1.54) is 10.3 Å². The quantitative estimate of drug-likeness (QED) is 0.725. The first-order chi connectivity index (χ1) is 6.22. The molecule has 0 atom stereocenters. The summed E-state index contributed by atoms with van der Waals surface area (Å²) in [6.07, 6.45) is 2.03. The summed E-state index contributed by atoms with van der Waals surface area (Å²) in [6.45, 7) is 2.08. The van der Waals surface area contributed by atoms with Crippen LogP contribution in [-0.2, 0) is 0 Å². The van der Waals surface area contributed by atoms with Gasteiger partial charge in [-0.15, -0.1) is 23.1 Å². The number of rotatable bonds is 1. The van der Waals surface area contributed by atoms with Gasteiger partial charge in [-0.05, 0) is 30.9 Å². The van der Waals surface area contributed by atoms with Crippen LogP contribution in [0.5, 0.6) is 5.75 Å². The Balaban J connectivity index is 2.85. The van der Waals surface area contributed by atoms with Gasteiger partial charge in [-0.1, -0.05) is 0 Å². The van der Waals surface area contributed by atoms with Crippen molar-refractivity contribution in [2.45, 2.75) is 11.8 Å². The molecule has 0 radical (unpaired) electrons. The van der Waals surface area contributed by atoms with Crippen LogP contribution in [0.15, 0.2) is 22.4 Å². The van der Waals surface area contributed by atoms with Gasteiger partial charge in [0.25, 0.3) is 0 Å². The van der Waals surface area contributed by atoms with Gasteiger partial charge in [0.15, 0.2) is 0 Å². The molecule has 1 nitrogen and oxygen atoms in total. The van der Waals surface area contributed by atoms with Crippen molar-refractivity contribution in [1.29, 1.82) is 0 Å². The Labute approximate surface area is 85.4 Å².